The summed E-state index contributed by atoms with van der Waals surface area (Å²) in [6.45, 7) is 4.23. The Labute approximate surface area is 56.3 Å². The average Bonchev–Trinajstić information content (AvgIpc) is 1.89. The monoisotopic (exact) mass is 132 g/mol. The van der Waals surface area contributed by atoms with Crippen LogP contribution >= 0.6 is 0 Å². The van der Waals surface area contributed by atoms with E-state index in [0.717, 1.165) is 6.42 Å². The normalized spacial score (nSPS) is 13.7. The molecule has 0 bridgehead atoms. The number of rotatable bonds is 5. The van der Waals surface area contributed by atoms with Gasteiger partial charge in [0, 0.05) is 6.04 Å². The molecule has 0 spiro atoms. The van der Waals surface area contributed by atoms with Crippen molar-refractivity contribution in [3.05, 3.63) is 0 Å². The summed E-state index contributed by atoms with van der Waals surface area (Å²) >= 11 is 0. The van der Waals surface area contributed by atoms with E-state index in [4.69, 9.17) is 0 Å². The second-order valence-corrected chi connectivity index (χ2v) is 1.95. The lowest BCUT2D eigenvalue weighted by atomic mass is 10.3. The van der Waals surface area contributed by atoms with Crippen molar-refractivity contribution in [1.29, 1.82) is 0 Å². The van der Waals surface area contributed by atoms with Crippen molar-refractivity contribution in [3.8, 4) is 0 Å². The molecule has 0 fully saturated rings. The molecule has 4 N–H and O–H groups in total. The van der Waals surface area contributed by atoms with Gasteiger partial charge < -0.3 is 0 Å². The van der Waals surface area contributed by atoms with Gasteiger partial charge in [0.15, 0.2) is 0 Å². The summed E-state index contributed by atoms with van der Waals surface area (Å²) in [7, 11) is 1.80. The SMILES string of the molecule is CC[C@H](C)NNNNC. The first-order valence-corrected chi connectivity index (χ1v) is 3.23. The molecule has 0 aliphatic heterocycles. The zero-order valence-corrected chi connectivity index (χ0v) is 6.28. The van der Waals surface area contributed by atoms with E-state index in [1.807, 2.05) is 0 Å². The van der Waals surface area contributed by atoms with Crippen molar-refractivity contribution in [1.82, 2.24) is 21.9 Å². The van der Waals surface area contributed by atoms with Gasteiger partial charge in [0.25, 0.3) is 0 Å². The summed E-state index contributed by atoms with van der Waals surface area (Å²) in [5, 5.41) is 0. The van der Waals surface area contributed by atoms with Crippen molar-refractivity contribution in [3.63, 3.8) is 0 Å². The molecule has 0 saturated heterocycles. The average molecular weight is 132 g/mol. The highest BCUT2D eigenvalue weighted by molar-refractivity contribution is 4.49. The smallest absolute Gasteiger partial charge is 0.0195 e. The lowest BCUT2D eigenvalue weighted by Gasteiger charge is -2.11. The quantitative estimate of drug-likeness (QED) is 0.301. The van der Waals surface area contributed by atoms with Gasteiger partial charge in [0.2, 0.25) is 0 Å². The fourth-order valence-electron chi connectivity index (χ4n) is 0.324. The molecule has 0 aliphatic rings. The largest absolute Gasteiger partial charge is 0.246 e. The van der Waals surface area contributed by atoms with Crippen LogP contribution in [0.15, 0.2) is 0 Å². The third-order valence-electron chi connectivity index (χ3n) is 1.12. The van der Waals surface area contributed by atoms with Crippen LogP contribution in [0.5, 0.6) is 0 Å². The Balaban J connectivity index is 2.88. The molecule has 0 aromatic carbocycles. The number of nitrogens with one attached hydrogen (secondary N) is 4. The van der Waals surface area contributed by atoms with Crippen LogP contribution in [0.3, 0.4) is 0 Å². The highest BCUT2D eigenvalue weighted by Crippen LogP contribution is 1.82. The minimum atomic E-state index is 0.492. The van der Waals surface area contributed by atoms with Gasteiger partial charge in [-0.1, -0.05) is 6.92 Å². The minimum absolute atomic E-state index is 0.492. The van der Waals surface area contributed by atoms with E-state index < -0.39 is 0 Å². The van der Waals surface area contributed by atoms with Gasteiger partial charge in [0.05, 0.1) is 0 Å². The van der Waals surface area contributed by atoms with Gasteiger partial charge in [-0.05, 0) is 20.4 Å². The van der Waals surface area contributed by atoms with Crippen molar-refractivity contribution < 1.29 is 0 Å². The molecule has 9 heavy (non-hydrogen) atoms. The van der Waals surface area contributed by atoms with Gasteiger partial charge in [-0.2, -0.15) is 11.1 Å². The van der Waals surface area contributed by atoms with E-state index in [2.05, 4.69) is 35.8 Å². The molecular formula is C5H16N4. The Bertz CT molecular complexity index is 56.9. The van der Waals surface area contributed by atoms with Gasteiger partial charge in [0.1, 0.15) is 0 Å². The third-order valence-corrected chi connectivity index (χ3v) is 1.12. The maximum absolute atomic E-state index is 3.01. The summed E-state index contributed by atoms with van der Waals surface area (Å²) in [5.41, 5.74) is 11.2. The van der Waals surface area contributed by atoms with E-state index in [1.54, 1.807) is 7.05 Å². The summed E-state index contributed by atoms with van der Waals surface area (Å²) in [6, 6.07) is 0.492. The van der Waals surface area contributed by atoms with Crippen molar-refractivity contribution in [2.24, 2.45) is 0 Å². The third kappa shape index (κ3) is 5.72. The lowest BCUT2D eigenvalue weighted by Crippen LogP contribution is -2.51. The van der Waals surface area contributed by atoms with E-state index in [9.17, 15) is 0 Å². The Morgan fingerprint density at radius 2 is 2.00 bits per heavy atom. The van der Waals surface area contributed by atoms with Crippen molar-refractivity contribution in [2.75, 3.05) is 7.05 Å². The molecule has 0 aliphatic carbocycles. The first-order chi connectivity index (χ1) is 4.31. The molecular weight excluding hydrogens is 116 g/mol. The summed E-state index contributed by atoms with van der Waals surface area (Å²) in [6.07, 6.45) is 1.11. The van der Waals surface area contributed by atoms with Crippen LogP contribution < -0.4 is 21.9 Å². The van der Waals surface area contributed by atoms with Crippen LogP contribution in [-0.4, -0.2) is 13.1 Å². The Morgan fingerprint density at radius 1 is 1.33 bits per heavy atom. The first kappa shape index (κ1) is 8.84. The summed E-state index contributed by atoms with van der Waals surface area (Å²) < 4.78 is 0. The maximum atomic E-state index is 3.01. The second-order valence-electron chi connectivity index (χ2n) is 1.95. The van der Waals surface area contributed by atoms with E-state index in [1.165, 1.54) is 0 Å². The topological polar surface area (TPSA) is 48.1 Å². The standard InChI is InChI=1S/C5H16N4/c1-4-5(2)7-9-8-6-3/h5-9H,4H2,1-3H3/t5-/m0/s1. The summed E-state index contributed by atoms with van der Waals surface area (Å²) in [5.74, 6) is 0. The molecule has 0 amide bonds. The van der Waals surface area contributed by atoms with Crippen LogP contribution in [0.4, 0.5) is 0 Å². The molecule has 0 heterocycles. The zero-order chi connectivity index (χ0) is 7.11. The molecule has 1 atom stereocenters. The molecule has 56 valence electrons. The van der Waals surface area contributed by atoms with Crippen LogP contribution in [0, 0.1) is 0 Å². The van der Waals surface area contributed by atoms with Crippen LogP contribution in [0.1, 0.15) is 20.3 Å². The van der Waals surface area contributed by atoms with Gasteiger partial charge in [-0.15, -0.1) is 0 Å². The van der Waals surface area contributed by atoms with Gasteiger partial charge in [-0.25, -0.2) is 10.9 Å². The lowest BCUT2D eigenvalue weighted by molar-refractivity contribution is 0.348. The molecule has 4 heteroatoms. The number of hydrogen-bond acceptors (Lipinski definition) is 4. The predicted octanol–water partition coefficient (Wildman–Crippen LogP) is -0.482. The molecule has 0 saturated carbocycles. The predicted molar refractivity (Wildman–Crippen MR) is 38.2 cm³/mol. The van der Waals surface area contributed by atoms with Crippen LogP contribution in [0.25, 0.3) is 0 Å². The fraction of sp³-hybridized carbons (Fsp3) is 1.00. The van der Waals surface area contributed by atoms with Gasteiger partial charge >= 0.3 is 0 Å². The van der Waals surface area contributed by atoms with Gasteiger partial charge in [-0.3, -0.25) is 0 Å². The molecule has 0 radical (unpaired) electrons. The highest BCUT2D eigenvalue weighted by Gasteiger charge is 1.92. The highest BCUT2D eigenvalue weighted by atomic mass is 15.7. The number of hydrazine groups is 3. The molecule has 4 nitrogen and oxygen atoms in total. The zero-order valence-electron chi connectivity index (χ0n) is 6.28. The maximum Gasteiger partial charge on any atom is 0.0195 e. The molecule has 0 unspecified atom stereocenters. The Kier molecular flexibility index (Phi) is 5.86. The fourth-order valence-corrected chi connectivity index (χ4v) is 0.324. The van der Waals surface area contributed by atoms with Crippen molar-refractivity contribution in [2.45, 2.75) is 26.3 Å². The minimum Gasteiger partial charge on any atom is -0.246 e. The van der Waals surface area contributed by atoms with E-state index in [-0.39, 0.29) is 0 Å². The Hall–Kier alpha value is -0.160. The van der Waals surface area contributed by atoms with Crippen LogP contribution in [-0.2, 0) is 0 Å². The summed E-state index contributed by atoms with van der Waals surface area (Å²) in [4.78, 5) is 0. The first-order valence-electron chi connectivity index (χ1n) is 3.23. The second kappa shape index (κ2) is 5.97. The van der Waals surface area contributed by atoms with E-state index >= 15 is 0 Å². The molecule has 0 aromatic heterocycles. The Morgan fingerprint density at radius 3 is 2.44 bits per heavy atom. The molecule has 0 rings (SSSR count). The number of hydrogen-bond donors (Lipinski definition) is 4. The molecule has 0 aromatic rings. The van der Waals surface area contributed by atoms with E-state index in [0.29, 0.717) is 6.04 Å². The van der Waals surface area contributed by atoms with Crippen molar-refractivity contribution >= 4 is 0 Å². The van der Waals surface area contributed by atoms with Crippen LogP contribution in [0.2, 0.25) is 0 Å².